The minimum Gasteiger partial charge on any atom is -0.306 e. The first-order chi connectivity index (χ1) is 11.6. The first-order valence-electron chi connectivity index (χ1n) is 7.33. The van der Waals surface area contributed by atoms with Crippen LogP contribution >= 0.6 is 15.9 Å². The standard InChI is InChI=1S/C18H15BrN4O/c1-13(21-22-18(24)16-4-2-3-5-17(16)19)14-6-8-15(9-7-14)23-11-10-20-12-23/h2-12H,1H3,(H,22,24)/b21-13-. The van der Waals surface area contributed by atoms with Crippen LogP contribution in [0.5, 0.6) is 0 Å². The van der Waals surface area contributed by atoms with Crippen molar-refractivity contribution >= 4 is 27.5 Å². The number of carbonyl (C=O) groups excluding carboxylic acids is 1. The van der Waals surface area contributed by atoms with E-state index in [0.29, 0.717) is 5.56 Å². The van der Waals surface area contributed by atoms with Gasteiger partial charge in [-0.05, 0) is 52.7 Å². The zero-order valence-corrected chi connectivity index (χ0v) is 14.6. The zero-order chi connectivity index (χ0) is 16.9. The van der Waals surface area contributed by atoms with Crippen LogP contribution < -0.4 is 5.43 Å². The lowest BCUT2D eigenvalue weighted by molar-refractivity contribution is 0.0954. The summed E-state index contributed by atoms with van der Waals surface area (Å²) in [6.07, 6.45) is 5.36. The summed E-state index contributed by atoms with van der Waals surface area (Å²) < 4.78 is 2.66. The van der Waals surface area contributed by atoms with E-state index in [1.54, 1.807) is 18.6 Å². The lowest BCUT2D eigenvalue weighted by Crippen LogP contribution is -2.19. The molecule has 0 bridgehead atoms. The highest BCUT2D eigenvalue weighted by atomic mass is 79.9. The van der Waals surface area contributed by atoms with E-state index in [4.69, 9.17) is 0 Å². The number of nitrogens with one attached hydrogen (secondary N) is 1. The van der Waals surface area contributed by atoms with Gasteiger partial charge < -0.3 is 4.57 Å². The maximum atomic E-state index is 12.2. The van der Waals surface area contributed by atoms with E-state index >= 15 is 0 Å². The van der Waals surface area contributed by atoms with Gasteiger partial charge in [0.25, 0.3) is 5.91 Å². The van der Waals surface area contributed by atoms with Gasteiger partial charge in [-0.15, -0.1) is 0 Å². The molecule has 0 aliphatic rings. The first-order valence-corrected chi connectivity index (χ1v) is 8.12. The van der Waals surface area contributed by atoms with Gasteiger partial charge in [0.05, 0.1) is 17.6 Å². The van der Waals surface area contributed by atoms with Crippen LogP contribution in [0.1, 0.15) is 22.8 Å². The summed E-state index contributed by atoms with van der Waals surface area (Å²) in [6.45, 7) is 1.85. The number of hydrogen-bond donors (Lipinski definition) is 1. The number of imidazole rings is 1. The van der Waals surface area contributed by atoms with Crippen molar-refractivity contribution in [1.29, 1.82) is 0 Å². The fourth-order valence-corrected chi connectivity index (χ4v) is 2.66. The third-order valence-electron chi connectivity index (χ3n) is 3.53. The zero-order valence-electron chi connectivity index (χ0n) is 13.0. The van der Waals surface area contributed by atoms with Crippen LogP contribution in [0.25, 0.3) is 5.69 Å². The Morgan fingerprint density at radius 3 is 2.58 bits per heavy atom. The van der Waals surface area contributed by atoms with Crippen LogP contribution in [0.4, 0.5) is 0 Å². The Morgan fingerprint density at radius 2 is 1.92 bits per heavy atom. The summed E-state index contributed by atoms with van der Waals surface area (Å²) >= 11 is 3.36. The molecule has 1 aromatic heterocycles. The van der Waals surface area contributed by atoms with E-state index < -0.39 is 0 Å². The molecule has 0 saturated carbocycles. The van der Waals surface area contributed by atoms with Crippen molar-refractivity contribution in [1.82, 2.24) is 15.0 Å². The molecule has 120 valence electrons. The van der Waals surface area contributed by atoms with Crippen LogP contribution in [0.3, 0.4) is 0 Å². The largest absolute Gasteiger partial charge is 0.306 e. The normalized spacial score (nSPS) is 11.3. The highest BCUT2D eigenvalue weighted by Crippen LogP contribution is 2.15. The van der Waals surface area contributed by atoms with Gasteiger partial charge in [0, 0.05) is 22.6 Å². The molecule has 1 N–H and O–H groups in total. The Hall–Kier alpha value is -2.73. The Labute approximate surface area is 148 Å². The van der Waals surface area contributed by atoms with Gasteiger partial charge in [-0.3, -0.25) is 4.79 Å². The summed E-state index contributed by atoms with van der Waals surface area (Å²) in [7, 11) is 0. The molecular formula is C18H15BrN4O. The Kier molecular flexibility index (Phi) is 4.86. The molecule has 0 spiro atoms. The molecule has 1 amide bonds. The topological polar surface area (TPSA) is 59.3 Å². The van der Waals surface area contributed by atoms with E-state index in [1.807, 2.05) is 60.2 Å². The van der Waals surface area contributed by atoms with Gasteiger partial charge in [0.15, 0.2) is 0 Å². The highest BCUT2D eigenvalue weighted by Gasteiger charge is 2.08. The number of carbonyl (C=O) groups is 1. The number of aromatic nitrogens is 2. The maximum Gasteiger partial charge on any atom is 0.272 e. The van der Waals surface area contributed by atoms with Gasteiger partial charge in [-0.2, -0.15) is 5.10 Å². The summed E-state index contributed by atoms with van der Waals surface area (Å²) in [4.78, 5) is 16.2. The van der Waals surface area contributed by atoms with Gasteiger partial charge in [-0.25, -0.2) is 10.4 Å². The molecule has 0 aliphatic heterocycles. The van der Waals surface area contributed by atoms with Gasteiger partial charge in [0.2, 0.25) is 0 Å². The number of halogens is 1. The minimum atomic E-state index is -0.253. The molecule has 0 unspecified atom stereocenters. The number of nitrogens with zero attached hydrogens (tertiary/aromatic N) is 3. The quantitative estimate of drug-likeness (QED) is 0.551. The van der Waals surface area contributed by atoms with E-state index in [9.17, 15) is 4.79 Å². The number of hydrogen-bond acceptors (Lipinski definition) is 3. The third-order valence-corrected chi connectivity index (χ3v) is 4.22. The molecule has 5 nitrogen and oxygen atoms in total. The monoisotopic (exact) mass is 382 g/mol. The lowest BCUT2D eigenvalue weighted by atomic mass is 10.1. The average molecular weight is 383 g/mol. The SMILES string of the molecule is C/C(=N/NC(=O)c1ccccc1Br)c1ccc(-n2ccnc2)cc1. The molecule has 0 aliphatic carbocycles. The first kappa shape index (κ1) is 16.1. The van der Waals surface area contributed by atoms with E-state index in [0.717, 1.165) is 21.4 Å². The van der Waals surface area contributed by atoms with E-state index in [1.165, 1.54) is 0 Å². The van der Waals surface area contributed by atoms with Gasteiger partial charge in [0.1, 0.15) is 0 Å². The van der Waals surface area contributed by atoms with Crippen molar-refractivity contribution in [2.24, 2.45) is 5.10 Å². The smallest absolute Gasteiger partial charge is 0.272 e. The number of hydrazone groups is 1. The van der Waals surface area contributed by atoms with E-state index in [-0.39, 0.29) is 5.91 Å². The Balaban J connectivity index is 1.72. The fraction of sp³-hybridized carbons (Fsp3) is 0.0556. The third kappa shape index (κ3) is 3.60. The van der Waals surface area contributed by atoms with Crippen LogP contribution in [0.2, 0.25) is 0 Å². The molecule has 3 aromatic rings. The highest BCUT2D eigenvalue weighted by molar-refractivity contribution is 9.10. The fourth-order valence-electron chi connectivity index (χ4n) is 2.19. The van der Waals surface area contributed by atoms with Crippen molar-refractivity contribution in [3.05, 3.63) is 82.9 Å². The molecule has 24 heavy (non-hydrogen) atoms. The van der Waals surface area contributed by atoms with Crippen molar-refractivity contribution < 1.29 is 4.79 Å². The molecule has 0 radical (unpaired) electrons. The number of rotatable bonds is 4. The predicted molar refractivity (Wildman–Crippen MR) is 97.4 cm³/mol. The van der Waals surface area contributed by atoms with Crippen molar-refractivity contribution in [3.8, 4) is 5.69 Å². The Morgan fingerprint density at radius 1 is 1.17 bits per heavy atom. The van der Waals surface area contributed by atoms with Gasteiger partial charge >= 0.3 is 0 Å². The second-order valence-corrected chi connectivity index (χ2v) is 5.99. The summed E-state index contributed by atoms with van der Waals surface area (Å²) in [5.74, 6) is -0.253. The molecule has 3 rings (SSSR count). The van der Waals surface area contributed by atoms with Crippen molar-refractivity contribution in [3.63, 3.8) is 0 Å². The number of benzene rings is 2. The summed E-state index contributed by atoms with van der Waals surface area (Å²) in [6, 6.07) is 15.1. The molecular weight excluding hydrogens is 368 g/mol. The molecule has 6 heteroatoms. The van der Waals surface area contributed by atoms with Crippen LogP contribution in [-0.4, -0.2) is 21.2 Å². The second kappa shape index (κ2) is 7.23. The molecule has 0 saturated heterocycles. The van der Waals surface area contributed by atoms with Crippen LogP contribution in [-0.2, 0) is 0 Å². The van der Waals surface area contributed by atoms with Crippen LogP contribution in [0, 0.1) is 0 Å². The maximum absolute atomic E-state index is 12.2. The van der Waals surface area contributed by atoms with Crippen molar-refractivity contribution in [2.45, 2.75) is 6.92 Å². The minimum absolute atomic E-state index is 0.253. The van der Waals surface area contributed by atoms with Gasteiger partial charge in [-0.1, -0.05) is 24.3 Å². The number of amides is 1. The summed E-state index contributed by atoms with van der Waals surface area (Å²) in [5, 5.41) is 4.18. The molecule has 1 heterocycles. The van der Waals surface area contributed by atoms with E-state index in [2.05, 4.69) is 31.4 Å². The summed E-state index contributed by atoms with van der Waals surface area (Å²) in [5.41, 5.74) is 5.81. The second-order valence-electron chi connectivity index (χ2n) is 5.13. The lowest BCUT2D eigenvalue weighted by Gasteiger charge is -2.06. The Bertz CT molecular complexity index is 870. The van der Waals surface area contributed by atoms with Crippen LogP contribution in [0.15, 0.2) is 76.8 Å². The van der Waals surface area contributed by atoms with Crippen molar-refractivity contribution in [2.75, 3.05) is 0 Å². The molecule has 0 fully saturated rings. The molecule has 2 aromatic carbocycles. The average Bonchev–Trinajstić information content (AvgIpc) is 3.14. The predicted octanol–water partition coefficient (Wildman–Crippen LogP) is 3.79. The molecule has 0 atom stereocenters.